The lowest BCUT2D eigenvalue weighted by Gasteiger charge is -2.27. The Morgan fingerprint density at radius 2 is 1.57 bits per heavy atom. The molecule has 7 N–H and O–H groups in total. The highest BCUT2D eigenvalue weighted by Gasteiger charge is 2.37. The minimum Gasteiger partial charge on any atom is -0.444 e. The first-order valence-corrected chi connectivity index (χ1v) is 17.1. The maximum absolute atomic E-state index is 13.4. The SMILES string of the molecule is C[C@H](NC(=O)[C@@H](Cc1ccc(OC(=O)OC(C)(C)C)cc1)NC(=O)OC(C)(C)C)C(=O)NCC(=O)N[C@H](Cc1cnc[nH]1)C(=O)N1CCC[C@H]1C(N)=O. The first-order chi connectivity index (χ1) is 24.7. The number of aromatic amines is 1. The second kappa shape index (κ2) is 18.2. The van der Waals surface area contributed by atoms with E-state index in [1.54, 1.807) is 53.7 Å². The Morgan fingerprint density at radius 1 is 0.906 bits per heavy atom. The Morgan fingerprint density at radius 3 is 2.15 bits per heavy atom. The lowest BCUT2D eigenvalue weighted by atomic mass is 10.0. The first-order valence-electron chi connectivity index (χ1n) is 17.1. The Labute approximate surface area is 307 Å². The van der Waals surface area contributed by atoms with E-state index in [0.717, 1.165) is 0 Å². The number of rotatable bonds is 14. The average molecular weight is 743 g/mol. The highest BCUT2D eigenvalue weighted by molar-refractivity contribution is 5.95. The lowest BCUT2D eigenvalue weighted by Crippen LogP contribution is -2.56. The number of nitrogens with one attached hydrogen (secondary N) is 5. The molecule has 6 amide bonds. The minimum atomic E-state index is -1.20. The van der Waals surface area contributed by atoms with E-state index in [4.69, 9.17) is 19.9 Å². The number of aromatic nitrogens is 2. The molecule has 18 heteroatoms. The molecule has 0 unspecified atom stereocenters. The molecule has 3 rings (SSSR count). The van der Waals surface area contributed by atoms with Crippen molar-refractivity contribution in [2.24, 2.45) is 5.73 Å². The number of ether oxygens (including phenoxy) is 3. The molecule has 2 heterocycles. The molecule has 0 radical (unpaired) electrons. The van der Waals surface area contributed by atoms with Gasteiger partial charge in [-0.05, 0) is 79.0 Å². The molecule has 18 nitrogen and oxygen atoms in total. The van der Waals surface area contributed by atoms with Crippen molar-refractivity contribution in [2.45, 2.75) is 110 Å². The Hall–Kier alpha value is -5.68. The highest BCUT2D eigenvalue weighted by atomic mass is 16.7. The normalized spacial score (nSPS) is 16.0. The van der Waals surface area contributed by atoms with E-state index in [2.05, 4.69) is 31.2 Å². The summed E-state index contributed by atoms with van der Waals surface area (Å²) in [5, 5.41) is 10.1. The van der Waals surface area contributed by atoms with Crippen LogP contribution in [0.5, 0.6) is 5.75 Å². The Balaban J connectivity index is 1.63. The van der Waals surface area contributed by atoms with Crippen molar-refractivity contribution in [1.82, 2.24) is 36.1 Å². The summed E-state index contributed by atoms with van der Waals surface area (Å²) in [6, 6.07) is 1.93. The topological polar surface area (TPSA) is 253 Å². The van der Waals surface area contributed by atoms with Gasteiger partial charge in [-0.2, -0.15) is 0 Å². The zero-order valence-corrected chi connectivity index (χ0v) is 31.1. The van der Waals surface area contributed by atoms with Crippen LogP contribution in [0.3, 0.4) is 0 Å². The molecule has 290 valence electrons. The number of carbonyl (C=O) groups excluding carboxylic acids is 7. The zero-order valence-electron chi connectivity index (χ0n) is 31.1. The van der Waals surface area contributed by atoms with Crippen molar-refractivity contribution in [3.63, 3.8) is 0 Å². The predicted molar refractivity (Wildman–Crippen MR) is 189 cm³/mol. The summed E-state index contributed by atoms with van der Waals surface area (Å²) in [4.78, 5) is 97.5. The molecule has 1 fully saturated rings. The fraction of sp³-hybridized carbons (Fsp3) is 0.543. The third kappa shape index (κ3) is 14.1. The number of imidazole rings is 1. The summed E-state index contributed by atoms with van der Waals surface area (Å²) >= 11 is 0. The fourth-order valence-electron chi connectivity index (χ4n) is 5.24. The summed E-state index contributed by atoms with van der Waals surface area (Å²) in [6.45, 7) is 11.2. The van der Waals surface area contributed by atoms with Crippen molar-refractivity contribution in [2.75, 3.05) is 13.1 Å². The number of H-pyrrole nitrogens is 1. The molecule has 1 aromatic heterocycles. The summed E-state index contributed by atoms with van der Waals surface area (Å²) in [6.07, 6.45) is 2.16. The molecule has 2 aromatic rings. The summed E-state index contributed by atoms with van der Waals surface area (Å²) in [5.41, 5.74) is 5.00. The number of hydrogen-bond donors (Lipinski definition) is 6. The van der Waals surface area contributed by atoms with Gasteiger partial charge in [-0.3, -0.25) is 24.0 Å². The molecule has 4 atom stereocenters. The molecule has 1 aliphatic rings. The maximum Gasteiger partial charge on any atom is 0.514 e. The summed E-state index contributed by atoms with van der Waals surface area (Å²) < 4.78 is 15.7. The van der Waals surface area contributed by atoms with Crippen LogP contribution < -0.4 is 31.7 Å². The standard InChI is InChI=1S/C35H50N8O10/c1-20(29(46)38-18-27(44)41-25(16-22-17-37-19-39-22)31(48)43-14-8-9-26(43)28(36)45)40-30(47)24(42-32(49)52-34(2,3)4)15-21-10-12-23(13-11-21)51-33(50)53-35(5,6)7/h10-13,17,19-20,24-26H,8-9,14-16,18H2,1-7H3,(H2,36,45)(H,37,39)(H,38,46)(H,40,47)(H,41,44)(H,42,49)/t20-,24+,25+,26-/m0/s1. The number of amides is 6. The van der Waals surface area contributed by atoms with E-state index in [0.29, 0.717) is 30.6 Å². The molecule has 1 saturated heterocycles. The van der Waals surface area contributed by atoms with Crippen LogP contribution in [0.2, 0.25) is 0 Å². The van der Waals surface area contributed by atoms with E-state index in [-0.39, 0.29) is 18.6 Å². The maximum atomic E-state index is 13.4. The quantitative estimate of drug-likeness (QED) is 0.118. The summed E-state index contributed by atoms with van der Waals surface area (Å²) in [7, 11) is 0. The minimum absolute atomic E-state index is 0.0338. The number of alkyl carbamates (subject to hydrolysis) is 1. The van der Waals surface area contributed by atoms with Gasteiger partial charge in [-0.1, -0.05) is 12.1 Å². The van der Waals surface area contributed by atoms with Gasteiger partial charge in [0.05, 0.1) is 12.9 Å². The van der Waals surface area contributed by atoms with Gasteiger partial charge in [0, 0.05) is 31.3 Å². The smallest absolute Gasteiger partial charge is 0.444 e. The van der Waals surface area contributed by atoms with Crippen LogP contribution in [-0.2, 0) is 46.3 Å². The third-order valence-electron chi connectivity index (χ3n) is 7.61. The first kappa shape index (κ1) is 41.7. The largest absolute Gasteiger partial charge is 0.514 e. The second-order valence-electron chi connectivity index (χ2n) is 14.6. The number of nitrogens with zero attached hydrogens (tertiary/aromatic N) is 2. The van der Waals surface area contributed by atoms with E-state index < -0.39 is 83.7 Å². The predicted octanol–water partition coefficient (Wildman–Crippen LogP) is 0.984. The molecule has 0 spiro atoms. The van der Waals surface area contributed by atoms with E-state index in [1.165, 1.54) is 36.5 Å². The van der Waals surface area contributed by atoms with Crippen molar-refractivity contribution in [3.8, 4) is 5.75 Å². The van der Waals surface area contributed by atoms with Crippen molar-refractivity contribution in [3.05, 3.63) is 48.0 Å². The van der Waals surface area contributed by atoms with Gasteiger partial charge in [-0.25, -0.2) is 14.6 Å². The average Bonchev–Trinajstić information content (AvgIpc) is 3.74. The molecular formula is C35H50N8O10. The zero-order chi connectivity index (χ0) is 39.5. The van der Waals surface area contributed by atoms with Crippen LogP contribution in [0.15, 0.2) is 36.8 Å². The molecule has 1 aliphatic heterocycles. The van der Waals surface area contributed by atoms with Crippen LogP contribution in [0.25, 0.3) is 0 Å². The lowest BCUT2D eigenvalue weighted by molar-refractivity contribution is -0.140. The van der Waals surface area contributed by atoms with Gasteiger partial charge < -0.3 is 51.1 Å². The molecular weight excluding hydrogens is 692 g/mol. The molecule has 0 saturated carbocycles. The molecule has 0 bridgehead atoms. The van der Waals surface area contributed by atoms with E-state index >= 15 is 0 Å². The van der Waals surface area contributed by atoms with Gasteiger partial charge in [0.1, 0.15) is 41.1 Å². The van der Waals surface area contributed by atoms with Crippen LogP contribution in [0, 0.1) is 0 Å². The Kier molecular flexibility index (Phi) is 14.3. The van der Waals surface area contributed by atoms with Crippen LogP contribution >= 0.6 is 0 Å². The van der Waals surface area contributed by atoms with Crippen molar-refractivity contribution in [1.29, 1.82) is 0 Å². The Bertz CT molecular complexity index is 1620. The van der Waals surface area contributed by atoms with E-state index in [9.17, 15) is 33.6 Å². The van der Waals surface area contributed by atoms with Crippen molar-refractivity contribution >= 4 is 41.8 Å². The van der Waals surface area contributed by atoms with Gasteiger partial charge in [-0.15, -0.1) is 0 Å². The van der Waals surface area contributed by atoms with Gasteiger partial charge in [0.2, 0.25) is 29.5 Å². The molecule has 0 aliphatic carbocycles. The van der Waals surface area contributed by atoms with Gasteiger partial charge in [0.15, 0.2) is 0 Å². The van der Waals surface area contributed by atoms with Crippen molar-refractivity contribution < 1.29 is 47.8 Å². The fourth-order valence-corrected chi connectivity index (χ4v) is 5.24. The summed E-state index contributed by atoms with van der Waals surface area (Å²) in [5.74, 6) is -3.10. The number of nitrogens with two attached hydrogens (primary N) is 1. The highest BCUT2D eigenvalue weighted by Crippen LogP contribution is 2.19. The van der Waals surface area contributed by atoms with E-state index in [1.807, 2.05) is 0 Å². The number of hydrogen-bond acceptors (Lipinski definition) is 11. The van der Waals surface area contributed by atoms with Gasteiger partial charge >= 0.3 is 12.2 Å². The molecule has 1 aromatic carbocycles. The van der Waals surface area contributed by atoms with Gasteiger partial charge in [0.25, 0.3) is 0 Å². The van der Waals surface area contributed by atoms with Crippen LogP contribution in [-0.4, -0.2) is 105 Å². The number of carbonyl (C=O) groups is 7. The third-order valence-corrected chi connectivity index (χ3v) is 7.61. The van der Waals surface area contributed by atoms with Crippen LogP contribution in [0.4, 0.5) is 9.59 Å². The number of benzene rings is 1. The van der Waals surface area contributed by atoms with Crippen LogP contribution in [0.1, 0.15) is 72.6 Å². The number of likely N-dealkylation sites (tertiary alicyclic amines) is 1. The molecule has 53 heavy (non-hydrogen) atoms. The number of primary amides is 1. The monoisotopic (exact) mass is 742 g/mol. The second-order valence-corrected chi connectivity index (χ2v) is 14.6.